The third kappa shape index (κ3) is 5.95. The number of halogens is 1. The molecule has 0 bridgehead atoms. The van der Waals surface area contributed by atoms with Gasteiger partial charge in [-0.3, -0.25) is 9.59 Å². The Kier molecular flexibility index (Phi) is 8.02. The van der Waals surface area contributed by atoms with Crippen molar-refractivity contribution in [2.45, 2.75) is 20.4 Å². The molecule has 0 saturated carbocycles. The van der Waals surface area contributed by atoms with Gasteiger partial charge >= 0.3 is 0 Å². The fourth-order valence-corrected chi connectivity index (χ4v) is 2.71. The molecule has 1 aromatic carbocycles. The van der Waals surface area contributed by atoms with Crippen molar-refractivity contribution in [2.24, 2.45) is 5.73 Å². The second-order valence-corrected chi connectivity index (χ2v) is 6.37. The largest absolute Gasteiger partial charge is 0.493 e. The Morgan fingerprint density at radius 3 is 2.59 bits per heavy atom. The molecule has 0 unspecified atom stereocenters. The molecule has 10 heteroatoms. The zero-order valence-corrected chi connectivity index (χ0v) is 17.3. The van der Waals surface area contributed by atoms with E-state index in [1.54, 1.807) is 18.2 Å². The molecule has 3 N–H and O–H groups in total. The van der Waals surface area contributed by atoms with E-state index in [1.165, 1.54) is 13.3 Å². The number of benzene rings is 1. The molecule has 0 atom stereocenters. The third-order valence-corrected chi connectivity index (χ3v) is 4.32. The number of carbonyl (C=O) groups is 2. The van der Waals surface area contributed by atoms with Crippen LogP contribution in [0.2, 0.25) is 5.02 Å². The molecule has 0 radical (unpaired) electrons. The molecule has 1 aromatic heterocycles. The average molecular weight is 422 g/mol. The van der Waals surface area contributed by atoms with Gasteiger partial charge in [-0.05, 0) is 31.5 Å². The van der Waals surface area contributed by atoms with E-state index < -0.39 is 11.8 Å². The zero-order chi connectivity index (χ0) is 21.4. The minimum atomic E-state index is -0.589. The molecule has 0 spiro atoms. The number of hydrogen-bond acceptors (Lipinski definition) is 7. The van der Waals surface area contributed by atoms with Gasteiger partial charge in [-0.25, -0.2) is 9.97 Å². The molecular weight excluding hydrogens is 398 g/mol. The first-order chi connectivity index (χ1) is 13.9. The van der Waals surface area contributed by atoms with Crippen LogP contribution in [0.5, 0.6) is 11.5 Å². The van der Waals surface area contributed by atoms with Gasteiger partial charge in [0.2, 0.25) is 5.95 Å². The number of ether oxygens (including phenoxy) is 2. The Labute approximate surface area is 174 Å². The van der Waals surface area contributed by atoms with Crippen LogP contribution in [-0.4, -0.2) is 48.6 Å². The van der Waals surface area contributed by atoms with Crippen LogP contribution >= 0.6 is 11.6 Å². The fraction of sp³-hybridized carbons (Fsp3) is 0.368. The molecule has 0 saturated heterocycles. The van der Waals surface area contributed by atoms with Crippen molar-refractivity contribution in [2.75, 3.05) is 31.7 Å². The van der Waals surface area contributed by atoms with E-state index in [-0.39, 0.29) is 23.9 Å². The van der Waals surface area contributed by atoms with E-state index in [0.717, 1.165) is 5.56 Å². The van der Waals surface area contributed by atoms with E-state index in [0.29, 0.717) is 30.5 Å². The summed E-state index contributed by atoms with van der Waals surface area (Å²) in [5.74, 6) is 0.237. The van der Waals surface area contributed by atoms with Crippen LogP contribution in [-0.2, 0) is 11.3 Å². The maximum atomic E-state index is 12.6. The minimum Gasteiger partial charge on any atom is -0.493 e. The van der Waals surface area contributed by atoms with Crippen molar-refractivity contribution in [3.8, 4) is 11.5 Å². The molecule has 29 heavy (non-hydrogen) atoms. The quantitative estimate of drug-likeness (QED) is 0.599. The van der Waals surface area contributed by atoms with Crippen LogP contribution < -0.4 is 25.4 Å². The number of nitrogens with two attached hydrogens (primary N) is 1. The Morgan fingerprint density at radius 1 is 1.24 bits per heavy atom. The van der Waals surface area contributed by atoms with Gasteiger partial charge in [0, 0.05) is 19.6 Å². The monoisotopic (exact) mass is 421 g/mol. The molecule has 2 rings (SSSR count). The van der Waals surface area contributed by atoms with Crippen LogP contribution in [0.25, 0.3) is 0 Å². The van der Waals surface area contributed by atoms with Crippen LogP contribution in [0.15, 0.2) is 24.4 Å². The van der Waals surface area contributed by atoms with Gasteiger partial charge in [0.15, 0.2) is 23.8 Å². The lowest BCUT2D eigenvalue weighted by Crippen LogP contribution is -2.28. The van der Waals surface area contributed by atoms with Crippen molar-refractivity contribution in [3.05, 3.63) is 40.7 Å². The van der Waals surface area contributed by atoms with Gasteiger partial charge in [-0.15, -0.1) is 0 Å². The molecule has 2 aromatic rings. The summed E-state index contributed by atoms with van der Waals surface area (Å²) in [5, 5.41) is 2.95. The smallest absolute Gasteiger partial charge is 0.271 e. The standard InChI is InChI=1S/C19H24ClN5O4/c1-4-25(5-2)19-23-10-13(20)17(24-19)18(27)22-9-12-6-7-14(15(8-12)28-3)29-11-16(21)26/h6-8,10H,4-5,9,11H2,1-3H3,(H2,21,26)(H,22,27). The Bertz CT molecular complexity index is 874. The lowest BCUT2D eigenvalue weighted by Gasteiger charge is -2.19. The van der Waals surface area contributed by atoms with Gasteiger partial charge in [-0.1, -0.05) is 17.7 Å². The second-order valence-electron chi connectivity index (χ2n) is 5.96. The molecule has 0 fully saturated rings. The van der Waals surface area contributed by atoms with Crippen molar-refractivity contribution in [3.63, 3.8) is 0 Å². The van der Waals surface area contributed by atoms with Crippen LogP contribution in [0.3, 0.4) is 0 Å². The lowest BCUT2D eigenvalue weighted by molar-refractivity contribution is -0.119. The number of aromatic nitrogens is 2. The summed E-state index contributed by atoms with van der Waals surface area (Å²) in [7, 11) is 1.48. The number of nitrogens with one attached hydrogen (secondary N) is 1. The topological polar surface area (TPSA) is 120 Å². The first-order valence-electron chi connectivity index (χ1n) is 9.03. The Morgan fingerprint density at radius 2 is 1.97 bits per heavy atom. The van der Waals surface area contributed by atoms with Crippen molar-refractivity contribution in [1.82, 2.24) is 15.3 Å². The highest BCUT2D eigenvalue weighted by atomic mass is 35.5. The predicted octanol–water partition coefficient (Wildman–Crippen LogP) is 1.78. The average Bonchev–Trinajstić information content (AvgIpc) is 2.72. The Balaban J connectivity index is 2.10. The van der Waals surface area contributed by atoms with Crippen molar-refractivity contribution in [1.29, 1.82) is 0 Å². The highest BCUT2D eigenvalue weighted by molar-refractivity contribution is 6.33. The van der Waals surface area contributed by atoms with E-state index in [2.05, 4.69) is 15.3 Å². The number of nitrogens with zero attached hydrogens (tertiary/aromatic N) is 3. The molecule has 2 amide bonds. The van der Waals surface area contributed by atoms with Crippen molar-refractivity contribution >= 4 is 29.4 Å². The highest BCUT2D eigenvalue weighted by Crippen LogP contribution is 2.28. The summed E-state index contributed by atoms with van der Waals surface area (Å²) in [4.78, 5) is 33.8. The zero-order valence-electron chi connectivity index (χ0n) is 16.6. The Hall–Kier alpha value is -3.07. The summed E-state index contributed by atoms with van der Waals surface area (Å²) < 4.78 is 10.5. The molecular formula is C19H24ClN5O4. The van der Waals surface area contributed by atoms with Gasteiger partial charge in [0.05, 0.1) is 18.3 Å². The van der Waals surface area contributed by atoms with Crippen molar-refractivity contribution < 1.29 is 19.1 Å². The van der Waals surface area contributed by atoms with E-state index in [4.69, 9.17) is 26.8 Å². The summed E-state index contributed by atoms with van der Waals surface area (Å²) in [6.45, 7) is 5.34. The fourth-order valence-electron chi connectivity index (χ4n) is 2.53. The number of primary amides is 1. The highest BCUT2D eigenvalue weighted by Gasteiger charge is 2.16. The molecule has 0 aliphatic rings. The normalized spacial score (nSPS) is 10.3. The van der Waals surface area contributed by atoms with Gasteiger partial charge in [-0.2, -0.15) is 0 Å². The van der Waals surface area contributed by atoms with Crippen LogP contribution in [0.1, 0.15) is 29.9 Å². The van der Waals surface area contributed by atoms with Gasteiger partial charge < -0.3 is 25.4 Å². The maximum Gasteiger partial charge on any atom is 0.271 e. The van der Waals surface area contributed by atoms with E-state index in [1.807, 2.05) is 18.7 Å². The number of carbonyl (C=O) groups excluding carboxylic acids is 2. The number of hydrogen-bond donors (Lipinski definition) is 2. The van der Waals surface area contributed by atoms with Gasteiger partial charge in [0.1, 0.15) is 0 Å². The summed E-state index contributed by atoms with van der Waals surface area (Å²) in [6, 6.07) is 5.07. The molecule has 156 valence electrons. The summed E-state index contributed by atoms with van der Waals surface area (Å²) in [5.41, 5.74) is 5.95. The van der Waals surface area contributed by atoms with Crippen LogP contribution in [0.4, 0.5) is 5.95 Å². The second kappa shape index (κ2) is 10.5. The first-order valence-corrected chi connectivity index (χ1v) is 9.41. The predicted molar refractivity (Wildman–Crippen MR) is 109 cm³/mol. The molecule has 0 aliphatic carbocycles. The lowest BCUT2D eigenvalue weighted by atomic mass is 10.2. The van der Waals surface area contributed by atoms with E-state index >= 15 is 0 Å². The molecule has 1 heterocycles. The minimum absolute atomic E-state index is 0.108. The summed E-state index contributed by atoms with van der Waals surface area (Å²) >= 11 is 6.11. The third-order valence-electron chi connectivity index (χ3n) is 4.04. The number of amides is 2. The van der Waals surface area contributed by atoms with Crippen LogP contribution in [0, 0.1) is 0 Å². The SMILES string of the molecule is CCN(CC)c1ncc(Cl)c(C(=O)NCc2ccc(OCC(N)=O)c(OC)c2)n1. The number of anilines is 1. The first kappa shape index (κ1) is 22.2. The van der Waals surface area contributed by atoms with Gasteiger partial charge in [0.25, 0.3) is 11.8 Å². The number of rotatable bonds is 10. The molecule has 0 aliphatic heterocycles. The summed E-state index contributed by atoms with van der Waals surface area (Å²) in [6.07, 6.45) is 1.42. The maximum absolute atomic E-state index is 12.6. The number of methoxy groups -OCH3 is 1. The molecule has 9 nitrogen and oxygen atoms in total. The van der Waals surface area contributed by atoms with E-state index in [9.17, 15) is 9.59 Å².